The van der Waals surface area contributed by atoms with Crippen molar-refractivity contribution in [2.45, 2.75) is 73.1 Å². The zero-order valence-electron chi connectivity index (χ0n) is 12.5. The molecule has 0 rings (SSSR count). The Morgan fingerprint density at radius 2 is 0.625 bits per heavy atom. The molecule has 0 nitrogen and oxygen atoms in total. The van der Waals surface area contributed by atoms with E-state index in [0.717, 1.165) is 0 Å². The van der Waals surface area contributed by atoms with Crippen LogP contribution in [0.5, 0.6) is 0 Å². The minimum absolute atomic E-state index is 0. The molecule has 0 atom stereocenters. The Morgan fingerprint density at radius 3 is 0.625 bits per heavy atom. The molecule has 0 aliphatic carbocycles. The Kier molecular flexibility index (Phi) is 37.4. The topological polar surface area (TPSA) is 0 Å². The monoisotopic (exact) mass is 392 g/mol. The normalized spacial score (nSPS) is 9.00. The number of rotatable bonds is 6. The Balaban J connectivity index is -0.0000000800. The average molecular weight is 390 g/mol. The van der Waals surface area contributed by atoms with Gasteiger partial charge in [0.05, 0.1) is 0 Å². The summed E-state index contributed by atoms with van der Waals surface area (Å²) in [6.07, 6.45) is 0. The summed E-state index contributed by atoms with van der Waals surface area (Å²) in [6.45, 7) is 14.0. The van der Waals surface area contributed by atoms with Crippen LogP contribution in [0.15, 0.2) is 0 Å². The molecule has 3 radical (unpaired) electrons. The maximum atomic E-state index is 2.34. The minimum atomic E-state index is -0.403. The van der Waals surface area contributed by atoms with Crippen LogP contribution in [0.1, 0.15) is 41.5 Å². The molecule has 0 aliphatic heterocycles. The van der Waals surface area contributed by atoms with Crippen molar-refractivity contribution in [1.82, 2.24) is 0 Å². The van der Waals surface area contributed by atoms with Crippen LogP contribution < -0.4 is 18.9 Å². The molecule has 0 unspecified atom stereocenters. The predicted octanol–water partition coefficient (Wildman–Crippen LogP) is 2.08. The largest absolute Gasteiger partial charge is 1.00 e. The maximum Gasteiger partial charge on any atom is 1.00 e. The van der Waals surface area contributed by atoms with Crippen LogP contribution >= 0.6 is 0 Å². The van der Waals surface area contributed by atoms with Gasteiger partial charge in [0.2, 0.25) is 0 Å². The van der Waals surface area contributed by atoms with Crippen LogP contribution in [-0.2, 0) is 17.1 Å². The van der Waals surface area contributed by atoms with Crippen molar-refractivity contribution < 1.29 is 35.9 Å². The quantitative estimate of drug-likeness (QED) is 0.610. The molecule has 16 heavy (non-hydrogen) atoms. The van der Waals surface area contributed by atoms with Crippen molar-refractivity contribution in [3.8, 4) is 0 Å². The fourth-order valence-electron chi connectivity index (χ4n) is 1.50. The van der Waals surface area contributed by atoms with E-state index in [2.05, 4.69) is 41.5 Å². The average Bonchev–Trinajstić information content (AvgIpc) is 2.24. The number of hydrogen-bond donors (Lipinski definition) is 0. The van der Waals surface area contributed by atoms with Gasteiger partial charge in [-0.2, -0.15) is 0 Å². The van der Waals surface area contributed by atoms with Crippen LogP contribution in [-0.4, -0.2) is 28.7 Å². The van der Waals surface area contributed by atoms with Gasteiger partial charge in [-0.3, -0.25) is 0 Å². The Bertz CT molecular complexity index is 74.0. The van der Waals surface area contributed by atoms with E-state index in [0.29, 0.717) is 0 Å². The molecule has 97 valence electrons. The van der Waals surface area contributed by atoms with Crippen LogP contribution in [0.3, 0.4) is 0 Å². The summed E-state index contributed by atoms with van der Waals surface area (Å²) in [7, 11) is 0. The van der Waals surface area contributed by atoms with E-state index < -0.39 is 28.7 Å². The second-order valence-corrected chi connectivity index (χ2v) is 18.8. The molecule has 0 heterocycles. The summed E-state index contributed by atoms with van der Waals surface area (Å²) in [5.74, 6) is 0. The molecule has 0 fully saturated rings. The first-order valence-corrected chi connectivity index (χ1v) is 15.3. The second kappa shape index (κ2) is 22.4. The molecule has 0 aliphatic rings. The molecule has 4 heteroatoms. The predicted molar refractivity (Wildman–Crippen MR) is 74.4 cm³/mol. The van der Waals surface area contributed by atoms with Crippen LogP contribution in [0.4, 0.5) is 0 Å². The van der Waals surface area contributed by atoms with Gasteiger partial charge in [0.15, 0.2) is 0 Å². The zero-order valence-corrected chi connectivity index (χ0v) is 17.7. The smallest absolute Gasteiger partial charge is 0 e. The molecule has 0 aromatic heterocycles. The van der Waals surface area contributed by atoms with Crippen LogP contribution in [0.25, 0.3) is 0 Å². The molecule has 0 bridgehead atoms. The van der Waals surface area contributed by atoms with E-state index in [1.54, 1.807) is 0 Å². The number of hydrogen-bond acceptors (Lipinski definition) is 0. The Hall–Kier alpha value is 2.20. The van der Waals surface area contributed by atoms with Crippen molar-refractivity contribution >= 4 is 28.7 Å². The van der Waals surface area contributed by atoms with Gasteiger partial charge in [-0.1, -0.05) is 0 Å². The Morgan fingerprint density at radius 1 is 0.500 bits per heavy atom. The van der Waals surface area contributed by atoms with Gasteiger partial charge in [0.1, 0.15) is 0 Å². The first-order chi connectivity index (χ1) is 6.69. The third kappa shape index (κ3) is 18.6. The van der Waals surface area contributed by atoms with Gasteiger partial charge in [-0.15, -0.1) is 0 Å². The molecular formula is C12H30CuGe2Li+. The van der Waals surface area contributed by atoms with Crippen molar-refractivity contribution in [2.24, 2.45) is 0 Å². The van der Waals surface area contributed by atoms with Crippen LogP contribution in [0.2, 0.25) is 31.5 Å². The SMILES string of the molecule is C[CH2][Ge]([CH2]C)[CH2]C.C[CH2][Ge]([CH2]C)[CH2]C.[Cu].[Li+]. The van der Waals surface area contributed by atoms with Crippen molar-refractivity contribution in [1.29, 1.82) is 0 Å². The summed E-state index contributed by atoms with van der Waals surface area (Å²) in [5, 5.41) is 9.12. The fourth-order valence-corrected chi connectivity index (χ4v) is 7.79. The molecule has 0 aromatic carbocycles. The van der Waals surface area contributed by atoms with E-state index >= 15 is 0 Å². The zero-order chi connectivity index (χ0) is 11.4. The first kappa shape index (κ1) is 26.7. The van der Waals surface area contributed by atoms with Gasteiger partial charge >= 0.3 is 121 Å². The fraction of sp³-hybridized carbons (Fsp3) is 1.00. The van der Waals surface area contributed by atoms with Gasteiger partial charge in [-0.05, 0) is 0 Å². The van der Waals surface area contributed by atoms with E-state index in [4.69, 9.17) is 0 Å². The Labute approximate surface area is 136 Å². The second-order valence-electron chi connectivity index (χ2n) is 3.62. The molecule has 0 amide bonds. The standard InChI is InChI=1S/2C6H15Ge.Cu.Li/c2*1-4-7(5-2)6-3;;/h2*4-6H2,1-3H3;;/q;;;+1. The molecule has 0 saturated heterocycles. The van der Waals surface area contributed by atoms with E-state index in [-0.39, 0.29) is 35.9 Å². The van der Waals surface area contributed by atoms with Gasteiger partial charge in [-0.25, -0.2) is 0 Å². The summed E-state index contributed by atoms with van der Waals surface area (Å²) in [4.78, 5) is 0. The minimum Gasteiger partial charge on any atom is 0 e. The maximum absolute atomic E-state index is 2.34. The van der Waals surface area contributed by atoms with Crippen LogP contribution in [0, 0.1) is 0 Å². The molecular weight excluding hydrogens is 360 g/mol. The summed E-state index contributed by atoms with van der Waals surface area (Å²) < 4.78 is 0. The van der Waals surface area contributed by atoms with E-state index in [1.807, 2.05) is 0 Å². The van der Waals surface area contributed by atoms with Crippen molar-refractivity contribution in [3.63, 3.8) is 0 Å². The third-order valence-corrected chi connectivity index (χ3v) is 15.6. The van der Waals surface area contributed by atoms with Crippen molar-refractivity contribution in [3.05, 3.63) is 0 Å². The van der Waals surface area contributed by atoms with Gasteiger partial charge in [0, 0.05) is 17.1 Å². The van der Waals surface area contributed by atoms with Crippen molar-refractivity contribution in [2.75, 3.05) is 0 Å². The molecule has 0 N–H and O–H groups in total. The van der Waals surface area contributed by atoms with Gasteiger partial charge in [0.25, 0.3) is 0 Å². The molecule has 0 aromatic rings. The third-order valence-electron chi connectivity index (χ3n) is 3.00. The van der Waals surface area contributed by atoms with Gasteiger partial charge < -0.3 is 0 Å². The molecule has 0 spiro atoms. The summed E-state index contributed by atoms with van der Waals surface area (Å²) in [5.41, 5.74) is 0. The van der Waals surface area contributed by atoms with E-state index in [9.17, 15) is 0 Å². The summed E-state index contributed by atoms with van der Waals surface area (Å²) >= 11 is -0.806. The summed E-state index contributed by atoms with van der Waals surface area (Å²) in [6, 6.07) is 0. The molecule has 0 saturated carbocycles. The van der Waals surface area contributed by atoms with E-state index in [1.165, 1.54) is 31.5 Å². The first-order valence-electron chi connectivity index (χ1n) is 6.36.